The number of aromatic nitrogens is 2. The molecule has 3 heterocycles. The number of nitrogens with zero attached hydrogens (tertiary/aromatic N) is 5. The third-order valence-corrected chi connectivity index (χ3v) is 6.80. The highest BCUT2D eigenvalue weighted by molar-refractivity contribution is 7.13. The Kier molecular flexibility index (Phi) is 6.46. The van der Waals surface area contributed by atoms with Crippen molar-refractivity contribution in [1.29, 1.82) is 5.26 Å². The van der Waals surface area contributed by atoms with E-state index < -0.39 is 5.54 Å². The molecule has 2 fully saturated rings. The van der Waals surface area contributed by atoms with Crippen LogP contribution >= 0.6 is 11.3 Å². The molecule has 0 aromatic carbocycles. The van der Waals surface area contributed by atoms with Crippen LogP contribution in [0, 0.1) is 17.2 Å². The number of nitrogens with one attached hydrogen (secondary N) is 1. The first-order chi connectivity index (χ1) is 14.6. The Morgan fingerprint density at radius 2 is 2.13 bits per heavy atom. The molecule has 0 bridgehead atoms. The Bertz CT molecular complexity index is 880. The van der Waals surface area contributed by atoms with E-state index in [4.69, 9.17) is 4.52 Å². The van der Waals surface area contributed by atoms with E-state index in [0.717, 1.165) is 63.3 Å². The summed E-state index contributed by atoms with van der Waals surface area (Å²) in [5.74, 6) is 1.62. The summed E-state index contributed by atoms with van der Waals surface area (Å²) >= 11 is 1.61. The summed E-state index contributed by atoms with van der Waals surface area (Å²) in [6.45, 7) is 6.79. The molecule has 1 saturated carbocycles. The molecule has 2 aliphatic rings. The van der Waals surface area contributed by atoms with Crippen molar-refractivity contribution >= 4 is 17.2 Å². The molecular formula is C21H28N6O2S. The molecule has 9 heteroatoms. The number of piperazine rings is 1. The van der Waals surface area contributed by atoms with E-state index in [1.165, 1.54) is 0 Å². The van der Waals surface area contributed by atoms with E-state index >= 15 is 0 Å². The lowest BCUT2D eigenvalue weighted by atomic mass is 9.98. The summed E-state index contributed by atoms with van der Waals surface area (Å²) in [7, 11) is 0. The van der Waals surface area contributed by atoms with Gasteiger partial charge in [0, 0.05) is 32.6 Å². The van der Waals surface area contributed by atoms with Crippen LogP contribution in [0.5, 0.6) is 0 Å². The number of hydrogen-bond donors (Lipinski definition) is 1. The zero-order valence-electron chi connectivity index (χ0n) is 17.3. The van der Waals surface area contributed by atoms with Crippen LogP contribution in [-0.4, -0.2) is 70.7 Å². The van der Waals surface area contributed by atoms with Gasteiger partial charge in [-0.05, 0) is 50.1 Å². The highest BCUT2D eigenvalue weighted by Crippen LogP contribution is 2.39. The summed E-state index contributed by atoms with van der Waals surface area (Å²) < 4.78 is 5.36. The lowest BCUT2D eigenvalue weighted by Crippen LogP contribution is -2.53. The highest BCUT2D eigenvalue weighted by atomic mass is 32.1. The maximum absolute atomic E-state index is 12.4. The number of hydrogen-bond acceptors (Lipinski definition) is 8. The van der Waals surface area contributed by atoms with Crippen molar-refractivity contribution in [2.75, 3.05) is 39.3 Å². The molecule has 160 valence electrons. The standard InChI is InChI=1S/C21H28N6O2S/c1-21(15-22,16-6-7-16)24-18(28)14-27-11-9-26(10-12-27)8-2-5-19-23-20(25-29-19)17-4-3-13-30-17/h3-4,13,16H,2,5-12,14H2,1H3,(H,24,28). The molecule has 1 aliphatic heterocycles. The van der Waals surface area contributed by atoms with Crippen molar-refractivity contribution in [3.63, 3.8) is 0 Å². The van der Waals surface area contributed by atoms with Gasteiger partial charge in [-0.1, -0.05) is 11.2 Å². The third kappa shape index (κ3) is 5.25. The number of rotatable bonds is 9. The van der Waals surface area contributed by atoms with Gasteiger partial charge >= 0.3 is 0 Å². The monoisotopic (exact) mass is 428 g/mol. The van der Waals surface area contributed by atoms with Gasteiger partial charge in [0.15, 0.2) is 0 Å². The van der Waals surface area contributed by atoms with Crippen LogP contribution in [-0.2, 0) is 11.2 Å². The van der Waals surface area contributed by atoms with E-state index in [9.17, 15) is 10.1 Å². The van der Waals surface area contributed by atoms with Gasteiger partial charge in [-0.2, -0.15) is 10.2 Å². The van der Waals surface area contributed by atoms with Crippen molar-refractivity contribution in [1.82, 2.24) is 25.3 Å². The minimum atomic E-state index is -0.711. The number of carbonyl (C=O) groups is 1. The second-order valence-electron chi connectivity index (χ2n) is 8.35. The van der Waals surface area contributed by atoms with Gasteiger partial charge in [0.2, 0.25) is 17.6 Å². The molecule has 8 nitrogen and oxygen atoms in total. The molecule has 1 aliphatic carbocycles. The second kappa shape index (κ2) is 9.25. The Morgan fingerprint density at radius 3 is 2.80 bits per heavy atom. The molecule has 1 amide bonds. The van der Waals surface area contributed by atoms with Gasteiger partial charge in [0.1, 0.15) is 5.54 Å². The van der Waals surface area contributed by atoms with Crippen LogP contribution in [0.4, 0.5) is 0 Å². The van der Waals surface area contributed by atoms with E-state index in [-0.39, 0.29) is 5.91 Å². The van der Waals surface area contributed by atoms with Gasteiger partial charge in [0.05, 0.1) is 17.5 Å². The molecule has 0 spiro atoms. The minimum Gasteiger partial charge on any atom is -0.339 e. The average molecular weight is 429 g/mol. The lowest BCUT2D eigenvalue weighted by molar-refractivity contribution is -0.124. The summed E-state index contributed by atoms with van der Waals surface area (Å²) in [6.07, 6.45) is 3.80. The van der Waals surface area contributed by atoms with E-state index in [1.807, 2.05) is 24.4 Å². The zero-order chi connectivity index (χ0) is 21.0. The van der Waals surface area contributed by atoms with Crippen LogP contribution in [0.25, 0.3) is 10.7 Å². The molecule has 1 saturated heterocycles. The number of thiophene rings is 1. The summed E-state index contributed by atoms with van der Waals surface area (Å²) in [5, 5.41) is 18.4. The molecule has 0 radical (unpaired) electrons. The number of nitriles is 1. The zero-order valence-corrected chi connectivity index (χ0v) is 18.2. The first kappa shape index (κ1) is 21.0. The van der Waals surface area contributed by atoms with Crippen LogP contribution in [0.2, 0.25) is 0 Å². The van der Waals surface area contributed by atoms with Crippen LogP contribution < -0.4 is 5.32 Å². The first-order valence-electron chi connectivity index (χ1n) is 10.6. The molecule has 2 aromatic heterocycles. The SMILES string of the molecule is CC(C#N)(NC(=O)CN1CCN(CCCc2nc(-c3cccs3)no2)CC1)C1CC1. The van der Waals surface area contributed by atoms with Crippen molar-refractivity contribution in [2.24, 2.45) is 5.92 Å². The molecule has 1 unspecified atom stereocenters. The first-order valence-corrected chi connectivity index (χ1v) is 11.5. The maximum atomic E-state index is 12.4. The molecule has 1 atom stereocenters. The Balaban J connectivity index is 1.14. The predicted molar refractivity (Wildman–Crippen MR) is 114 cm³/mol. The highest BCUT2D eigenvalue weighted by Gasteiger charge is 2.43. The third-order valence-electron chi connectivity index (χ3n) is 5.93. The van der Waals surface area contributed by atoms with Gasteiger partial charge in [-0.25, -0.2) is 0 Å². The summed E-state index contributed by atoms with van der Waals surface area (Å²) in [4.78, 5) is 22.5. The molecule has 30 heavy (non-hydrogen) atoms. The quantitative estimate of drug-likeness (QED) is 0.653. The van der Waals surface area contributed by atoms with Crippen molar-refractivity contribution in [3.05, 3.63) is 23.4 Å². The minimum absolute atomic E-state index is 0.0441. The van der Waals surface area contributed by atoms with Gasteiger partial charge < -0.3 is 14.7 Å². The predicted octanol–water partition coefficient (Wildman–Crippen LogP) is 2.16. The summed E-state index contributed by atoms with van der Waals surface area (Å²) in [6, 6.07) is 6.26. The van der Waals surface area contributed by atoms with Crippen molar-refractivity contribution < 1.29 is 9.32 Å². The van der Waals surface area contributed by atoms with E-state index in [2.05, 4.69) is 31.3 Å². The Hall–Kier alpha value is -2.28. The largest absolute Gasteiger partial charge is 0.339 e. The average Bonchev–Trinajstić information content (AvgIpc) is 3.27. The Labute approximate surface area is 180 Å². The number of aryl methyl sites for hydroxylation is 1. The van der Waals surface area contributed by atoms with Gasteiger partial charge in [0.25, 0.3) is 0 Å². The van der Waals surface area contributed by atoms with E-state index in [0.29, 0.717) is 24.2 Å². The maximum Gasteiger partial charge on any atom is 0.235 e. The fraction of sp³-hybridized carbons (Fsp3) is 0.619. The normalized spacial score (nSPS) is 19.9. The number of amides is 1. The topological polar surface area (TPSA) is 98.3 Å². The fourth-order valence-electron chi connectivity index (χ4n) is 3.90. The second-order valence-corrected chi connectivity index (χ2v) is 9.29. The summed E-state index contributed by atoms with van der Waals surface area (Å²) in [5.41, 5.74) is -0.711. The van der Waals surface area contributed by atoms with Crippen LogP contribution in [0.1, 0.15) is 32.1 Å². The molecule has 1 N–H and O–H groups in total. The fourth-order valence-corrected chi connectivity index (χ4v) is 4.55. The number of carbonyl (C=O) groups excluding carboxylic acids is 1. The molecular weight excluding hydrogens is 400 g/mol. The van der Waals surface area contributed by atoms with Gasteiger partial charge in [-0.15, -0.1) is 11.3 Å². The lowest BCUT2D eigenvalue weighted by Gasteiger charge is -2.34. The van der Waals surface area contributed by atoms with E-state index in [1.54, 1.807) is 11.3 Å². The Morgan fingerprint density at radius 1 is 1.37 bits per heavy atom. The molecule has 2 aromatic rings. The van der Waals surface area contributed by atoms with Gasteiger partial charge in [-0.3, -0.25) is 9.69 Å². The molecule has 4 rings (SSSR count). The van der Waals surface area contributed by atoms with Crippen LogP contribution in [0.3, 0.4) is 0 Å². The van der Waals surface area contributed by atoms with Crippen LogP contribution in [0.15, 0.2) is 22.0 Å². The smallest absolute Gasteiger partial charge is 0.235 e. The van der Waals surface area contributed by atoms with Crippen molar-refractivity contribution in [3.8, 4) is 16.8 Å². The van der Waals surface area contributed by atoms with Crippen molar-refractivity contribution in [2.45, 2.75) is 38.1 Å².